The summed E-state index contributed by atoms with van der Waals surface area (Å²) < 4.78 is 12.3. The standard InChI is InChI=1S/C20H25N5O3S/c1-14-15(19(26)23-7-10-28-3)11-18(25(14)8-4-9-27-2)17-13-29-20(24-17)16-12-21-5-6-22-16/h5-6,11-13H,4,7-10H2,1-3H3,(H,23,26). The van der Waals surface area contributed by atoms with Crippen LogP contribution in [0.3, 0.4) is 0 Å². The first-order valence-electron chi connectivity index (χ1n) is 9.34. The van der Waals surface area contributed by atoms with Crippen molar-refractivity contribution in [2.24, 2.45) is 0 Å². The van der Waals surface area contributed by atoms with Crippen molar-refractivity contribution in [3.05, 3.63) is 41.3 Å². The van der Waals surface area contributed by atoms with Crippen molar-refractivity contribution in [2.45, 2.75) is 19.9 Å². The smallest absolute Gasteiger partial charge is 0.253 e. The van der Waals surface area contributed by atoms with Crippen LogP contribution >= 0.6 is 11.3 Å². The predicted molar refractivity (Wildman–Crippen MR) is 112 cm³/mol. The van der Waals surface area contributed by atoms with Crippen LogP contribution in [0.1, 0.15) is 22.5 Å². The van der Waals surface area contributed by atoms with Crippen LogP contribution in [0.4, 0.5) is 0 Å². The van der Waals surface area contributed by atoms with Gasteiger partial charge in [0.25, 0.3) is 5.91 Å². The van der Waals surface area contributed by atoms with Gasteiger partial charge >= 0.3 is 0 Å². The molecule has 0 unspecified atom stereocenters. The summed E-state index contributed by atoms with van der Waals surface area (Å²) in [5.41, 5.74) is 3.99. The lowest BCUT2D eigenvalue weighted by molar-refractivity contribution is 0.0936. The van der Waals surface area contributed by atoms with Gasteiger partial charge in [-0.15, -0.1) is 11.3 Å². The molecule has 0 radical (unpaired) electrons. The second-order valence-corrected chi connectivity index (χ2v) is 7.26. The van der Waals surface area contributed by atoms with E-state index in [-0.39, 0.29) is 5.91 Å². The fraction of sp³-hybridized carbons (Fsp3) is 0.400. The molecule has 0 spiro atoms. The van der Waals surface area contributed by atoms with Crippen LogP contribution in [0.25, 0.3) is 22.1 Å². The van der Waals surface area contributed by atoms with E-state index in [0.717, 1.165) is 40.7 Å². The number of nitrogens with zero attached hydrogens (tertiary/aromatic N) is 4. The Kier molecular flexibility index (Phi) is 7.45. The summed E-state index contributed by atoms with van der Waals surface area (Å²) in [6.45, 7) is 4.27. The average molecular weight is 416 g/mol. The zero-order valence-electron chi connectivity index (χ0n) is 16.8. The van der Waals surface area contributed by atoms with E-state index in [4.69, 9.17) is 14.5 Å². The number of hydrogen-bond donors (Lipinski definition) is 1. The van der Waals surface area contributed by atoms with E-state index in [2.05, 4.69) is 19.9 Å². The molecule has 0 saturated heterocycles. The number of amides is 1. The number of methoxy groups -OCH3 is 2. The van der Waals surface area contributed by atoms with Crippen LogP contribution in [0.5, 0.6) is 0 Å². The van der Waals surface area contributed by atoms with Crippen molar-refractivity contribution in [3.63, 3.8) is 0 Å². The van der Waals surface area contributed by atoms with Gasteiger partial charge in [-0.25, -0.2) is 4.98 Å². The molecule has 29 heavy (non-hydrogen) atoms. The SMILES string of the molecule is COCCCn1c(-c2csc(-c3cnccn3)n2)cc(C(=O)NCCOC)c1C. The zero-order valence-corrected chi connectivity index (χ0v) is 17.7. The summed E-state index contributed by atoms with van der Waals surface area (Å²) >= 11 is 1.51. The fourth-order valence-electron chi connectivity index (χ4n) is 3.02. The number of thiazole rings is 1. The Labute approximate surface area is 173 Å². The van der Waals surface area contributed by atoms with Crippen LogP contribution in [-0.2, 0) is 16.0 Å². The number of aromatic nitrogens is 4. The molecule has 0 aromatic carbocycles. The first-order valence-corrected chi connectivity index (χ1v) is 10.2. The van der Waals surface area contributed by atoms with E-state index >= 15 is 0 Å². The summed E-state index contributed by atoms with van der Waals surface area (Å²) in [6.07, 6.45) is 5.82. The molecule has 3 aromatic heterocycles. The quantitative estimate of drug-likeness (QED) is 0.512. The van der Waals surface area contributed by atoms with Gasteiger partial charge < -0.3 is 19.4 Å². The lowest BCUT2D eigenvalue weighted by Gasteiger charge is -2.11. The number of hydrogen-bond acceptors (Lipinski definition) is 7. The highest BCUT2D eigenvalue weighted by Crippen LogP contribution is 2.30. The van der Waals surface area contributed by atoms with E-state index in [1.54, 1.807) is 32.8 Å². The van der Waals surface area contributed by atoms with Crippen molar-refractivity contribution in [2.75, 3.05) is 34.0 Å². The molecule has 154 valence electrons. The normalized spacial score (nSPS) is 11.0. The molecule has 0 bridgehead atoms. The van der Waals surface area contributed by atoms with E-state index in [9.17, 15) is 4.79 Å². The van der Waals surface area contributed by atoms with Gasteiger partial charge in [-0.2, -0.15) is 0 Å². The topological polar surface area (TPSA) is 91.2 Å². The van der Waals surface area contributed by atoms with Crippen molar-refractivity contribution in [1.29, 1.82) is 0 Å². The van der Waals surface area contributed by atoms with Gasteiger partial charge in [0, 0.05) is 57.4 Å². The summed E-state index contributed by atoms with van der Waals surface area (Å²) in [5, 5.41) is 5.67. The summed E-state index contributed by atoms with van der Waals surface area (Å²) in [5.74, 6) is -0.115. The fourth-order valence-corrected chi connectivity index (χ4v) is 3.80. The van der Waals surface area contributed by atoms with Gasteiger partial charge in [-0.05, 0) is 19.4 Å². The van der Waals surface area contributed by atoms with Crippen LogP contribution in [0, 0.1) is 6.92 Å². The van der Waals surface area contributed by atoms with Crippen LogP contribution in [0.15, 0.2) is 30.0 Å². The van der Waals surface area contributed by atoms with Crippen molar-refractivity contribution < 1.29 is 14.3 Å². The van der Waals surface area contributed by atoms with Crippen molar-refractivity contribution in [3.8, 4) is 22.1 Å². The molecule has 3 rings (SSSR count). The minimum absolute atomic E-state index is 0.115. The lowest BCUT2D eigenvalue weighted by Crippen LogP contribution is -2.27. The number of carbonyl (C=O) groups excluding carboxylic acids is 1. The summed E-state index contributed by atoms with van der Waals surface area (Å²) in [6, 6.07) is 1.90. The van der Waals surface area contributed by atoms with E-state index < -0.39 is 0 Å². The third-order valence-electron chi connectivity index (χ3n) is 4.48. The Morgan fingerprint density at radius 3 is 2.76 bits per heavy atom. The van der Waals surface area contributed by atoms with E-state index in [1.165, 1.54) is 11.3 Å². The van der Waals surface area contributed by atoms with Crippen molar-refractivity contribution in [1.82, 2.24) is 24.8 Å². The molecular weight excluding hydrogens is 390 g/mol. The Bertz CT molecular complexity index is 939. The molecular formula is C20H25N5O3S. The van der Waals surface area contributed by atoms with Crippen LogP contribution < -0.4 is 5.32 Å². The number of rotatable bonds is 10. The maximum Gasteiger partial charge on any atom is 0.253 e. The molecule has 0 aliphatic rings. The number of ether oxygens (including phenoxy) is 2. The van der Waals surface area contributed by atoms with Crippen molar-refractivity contribution >= 4 is 17.2 Å². The van der Waals surface area contributed by atoms with Crippen LogP contribution in [-0.4, -0.2) is 59.4 Å². The molecule has 0 aliphatic carbocycles. The molecule has 0 saturated carbocycles. The predicted octanol–water partition coefficient (Wildman–Crippen LogP) is 2.79. The van der Waals surface area contributed by atoms with E-state index in [1.807, 2.05) is 18.4 Å². The van der Waals surface area contributed by atoms with Gasteiger partial charge in [0.2, 0.25) is 0 Å². The maximum atomic E-state index is 12.7. The highest BCUT2D eigenvalue weighted by molar-refractivity contribution is 7.13. The third kappa shape index (κ3) is 5.06. The molecule has 1 amide bonds. The molecule has 3 heterocycles. The number of nitrogens with one attached hydrogen (secondary N) is 1. The van der Waals surface area contributed by atoms with Gasteiger partial charge in [-0.1, -0.05) is 0 Å². The third-order valence-corrected chi connectivity index (χ3v) is 5.35. The average Bonchev–Trinajstić information content (AvgIpc) is 3.34. The largest absolute Gasteiger partial charge is 0.385 e. The van der Waals surface area contributed by atoms with Gasteiger partial charge in [0.05, 0.1) is 29.8 Å². The first-order chi connectivity index (χ1) is 14.2. The second-order valence-electron chi connectivity index (χ2n) is 6.40. The second kappa shape index (κ2) is 10.2. The Morgan fingerprint density at radius 1 is 1.21 bits per heavy atom. The summed E-state index contributed by atoms with van der Waals surface area (Å²) in [4.78, 5) is 25.8. The number of carbonyl (C=O) groups is 1. The highest BCUT2D eigenvalue weighted by atomic mass is 32.1. The molecule has 9 heteroatoms. The first kappa shape index (κ1) is 21.1. The molecule has 0 aliphatic heterocycles. The minimum Gasteiger partial charge on any atom is -0.385 e. The molecule has 1 N–H and O–H groups in total. The lowest BCUT2D eigenvalue weighted by atomic mass is 10.2. The highest BCUT2D eigenvalue weighted by Gasteiger charge is 2.20. The monoisotopic (exact) mass is 415 g/mol. The molecule has 3 aromatic rings. The molecule has 0 fully saturated rings. The molecule has 0 atom stereocenters. The Morgan fingerprint density at radius 2 is 2.03 bits per heavy atom. The van der Waals surface area contributed by atoms with Gasteiger partial charge in [0.1, 0.15) is 10.7 Å². The minimum atomic E-state index is -0.115. The van der Waals surface area contributed by atoms with Crippen LogP contribution in [0.2, 0.25) is 0 Å². The van der Waals surface area contributed by atoms with E-state index in [0.29, 0.717) is 25.3 Å². The summed E-state index contributed by atoms with van der Waals surface area (Å²) in [7, 11) is 3.30. The maximum absolute atomic E-state index is 12.7. The van der Waals surface area contributed by atoms with Gasteiger partial charge in [-0.3, -0.25) is 14.8 Å². The zero-order chi connectivity index (χ0) is 20.6. The molecule has 8 nitrogen and oxygen atoms in total. The van der Waals surface area contributed by atoms with Gasteiger partial charge in [0.15, 0.2) is 0 Å². The Balaban J connectivity index is 1.92. The Hall–Kier alpha value is -2.62.